The summed E-state index contributed by atoms with van der Waals surface area (Å²) in [5, 5.41) is 10.8. The minimum absolute atomic E-state index is 0.122. The number of aromatic nitrogens is 2. The van der Waals surface area contributed by atoms with Crippen LogP contribution in [0.25, 0.3) is 11.1 Å². The van der Waals surface area contributed by atoms with Gasteiger partial charge in [0.2, 0.25) is 5.91 Å². The summed E-state index contributed by atoms with van der Waals surface area (Å²) < 4.78 is 12.0. The molecule has 1 aromatic heterocycles. The molecule has 9 nitrogen and oxygen atoms in total. The predicted molar refractivity (Wildman–Crippen MR) is 136 cm³/mol. The quantitative estimate of drug-likeness (QED) is 0.298. The summed E-state index contributed by atoms with van der Waals surface area (Å²) in [6, 6.07) is 12.8. The Hall–Kier alpha value is -3.69. The molecule has 2 amide bonds. The Morgan fingerprint density at radius 1 is 1.19 bits per heavy atom. The van der Waals surface area contributed by atoms with Crippen molar-refractivity contribution in [2.24, 2.45) is 0 Å². The van der Waals surface area contributed by atoms with Gasteiger partial charge in [0.15, 0.2) is 0 Å². The van der Waals surface area contributed by atoms with E-state index in [0.29, 0.717) is 40.0 Å². The van der Waals surface area contributed by atoms with Crippen molar-refractivity contribution >= 4 is 40.9 Å². The zero-order chi connectivity index (χ0) is 25.7. The molecule has 0 spiro atoms. The maximum atomic E-state index is 12.8. The second-order valence-electron chi connectivity index (χ2n) is 8.38. The Labute approximate surface area is 213 Å². The first-order valence-corrected chi connectivity index (χ1v) is 12.0. The number of nitrogens with zero attached hydrogens (tertiary/aromatic N) is 2. The molecule has 0 bridgehead atoms. The van der Waals surface area contributed by atoms with Crippen molar-refractivity contribution in [3.8, 4) is 11.1 Å². The summed E-state index contributed by atoms with van der Waals surface area (Å²) in [7, 11) is 1.56. The van der Waals surface area contributed by atoms with Crippen molar-refractivity contribution in [3.63, 3.8) is 0 Å². The third-order valence-corrected chi connectivity index (χ3v) is 5.97. The number of benzene rings is 2. The third kappa shape index (κ3) is 5.58. The van der Waals surface area contributed by atoms with Crippen molar-refractivity contribution in [1.29, 1.82) is 0 Å². The Morgan fingerprint density at radius 2 is 1.97 bits per heavy atom. The molecule has 2 aromatic carbocycles. The summed E-state index contributed by atoms with van der Waals surface area (Å²) in [6.07, 6.45) is 1.62. The molecule has 3 aromatic rings. The van der Waals surface area contributed by atoms with E-state index in [1.54, 1.807) is 43.5 Å². The van der Waals surface area contributed by atoms with Crippen LogP contribution in [0.15, 0.2) is 48.5 Å². The van der Waals surface area contributed by atoms with Gasteiger partial charge in [0, 0.05) is 23.4 Å². The number of carbonyl (C=O) groups excluding carboxylic acids is 3. The van der Waals surface area contributed by atoms with Crippen molar-refractivity contribution in [2.75, 3.05) is 24.4 Å². The molecule has 1 atom stereocenters. The van der Waals surface area contributed by atoms with E-state index < -0.39 is 12.0 Å². The van der Waals surface area contributed by atoms with Crippen LogP contribution in [0, 0.1) is 0 Å². The van der Waals surface area contributed by atoms with Gasteiger partial charge >= 0.3 is 5.97 Å². The first kappa shape index (κ1) is 25.4. The summed E-state index contributed by atoms with van der Waals surface area (Å²) in [5.74, 6) is -0.602. The second-order valence-corrected chi connectivity index (χ2v) is 8.82. The summed E-state index contributed by atoms with van der Waals surface area (Å²) in [6.45, 7) is 2.62. The Kier molecular flexibility index (Phi) is 8.02. The lowest BCUT2D eigenvalue weighted by molar-refractivity contribution is -0.123. The molecule has 0 saturated heterocycles. The largest absolute Gasteiger partial charge is 0.462 e. The third-order valence-electron chi connectivity index (χ3n) is 5.73. The number of fused-ring (bicyclic) bond motifs is 1. The van der Waals surface area contributed by atoms with Crippen LogP contribution in [0.5, 0.6) is 0 Å². The molecule has 2 heterocycles. The van der Waals surface area contributed by atoms with E-state index in [4.69, 9.17) is 21.1 Å². The standard InChI is InChI=1S/C26H27ClN4O5/c1-3-4-12-36-26(34)16-8-10-19(11-9-16)28-22(32)14-21-25(33)29-24-23(17-6-5-7-18(27)13-17)20(15-35-2)30-31(21)24/h5-11,13,21H,3-4,12,14-15H2,1-2H3,(H,28,32)(H,29,33). The van der Waals surface area contributed by atoms with Gasteiger partial charge < -0.3 is 20.1 Å². The van der Waals surface area contributed by atoms with E-state index in [2.05, 4.69) is 15.7 Å². The Morgan fingerprint density at radius 3 is 2.67 bits per heavy atom. The van der Waals surface area contributed by atoms with Gasteiger partial charge in [-0.05, 0) is 48.4 Å². The highest BCUT2D eigenvalue weighted by atomic mass is 35.5. The monoisotopic (exact) mass is 510 g/mol. The normalized spacial score (nSPS) is 14.3. The molecule has 188 valence electrons. The zero-order valence-corrected chi connectivity index (χ0v) is 20.8. The maximum Gasteiger partial charge on any atom is 0.338 e. The van der Waals surface area contributed by atoms with Gasteiger partial charge in [0.1, 0.15) is 11.9 Å². The number of halogens is 1. The molecule has 1 aliphatic heterocycles. The number of hydrogen-bond acceptors (Lipinski definition) is 6. The molecule has 1 aliphatic rings. The van der Waals surface area contributed by atoms with Gasteiger partial charge in [-0.1, -0.05) is 37.1 Å². The SMILES string of the molecule is CCCCOC(=O)c1ccc(NC(=O)CC2C(=O)Nc3c(-c4cccc(Cl)c4)c(COC)nn32)cc1. The average Bonchev–Trinajstić information content (AvgIpc) is 3.34. The van der Waals surface area contributed by atoms with Crippen LogP contribution in [0.2, 0.25) is 5.02 Å². The molecular formula is C26H27ClN4O5. The summed E-state index contributed by atoms with van der Waals surface area (Å²) >= 11 is 6.18. The van der Waals surface area contributed by atoms with E-state index >= 15 is 0 Å². The highest BCUT2D eigenvalue weighted by molar-refractivity contribution is 6.30. The smallest absolute Gasteiger partial charge is 0.338 e. The fourth-order valence-corrected chi connectivity index (χ4v) is 4.16. The Balaban J connectivity index is 1.47. The number of carbonyl (C=O) groups is 3. The lowest BCUT2D eigenvalue weighted by Crippen LogP contribution is -2.24. The minimum Gasteiger partial charge on any atom is -0.462 e. The zero-order valence-electron chi connectivity index (χ0n) is 20.0. The minimum atomic E-state index is -0.823. The number of nitrogens with one attached hydrogen (secondary N) is 2. The molecule has 36 heavy (non-hydrogen) atoms. The second kappa shape index (κ2) is 11.4. The Bertz CT molecular complexity index is 1270. The number of methoxy groups -OCH3 is 1. The fraction of sp³-hybridized carbons (Fsp3) is 0.308. The molecule has 0 aliphatic carbocycles. The van der Waals surface area contributed by atoms with Gasteiger partial charge in [0.05, 0.1) is 30.9 Å². The van der Waals surface area contributed by atoms with E-state index in [1.165, 1.54) is 4.68 Å². The molecule has 4 rings (SSSR count). The van der Waals surface area contributed by atoms with E-state index in [1.807, 2.05) is 19.1 Å². The average molecular weight is 511 g/mol. The number of ether oxygens (including phenoxy) is 2. The maximum absolute atomic E-state index is 12.8. The number of unbranched alkanes of at least 4 members (excludes halogenated alkanes) is 1. The number of esters is 1. The summed E-state index contributed by atoms with van der Waals surface area (Å²) in [4.78, 5) is 37.6. The predicted octanol–water partition coefficient (Wildman–Crippen LogP) is 4.83. The lowest BCUT2D eigenvalue weighted by Gasteiger charge is -2.11. The van der Waals surface area contributed by atoms with Crippen molar-refractivity contribution in [2.45, 2.75) is 38.8 Å². The molecular weight excluding hydrogens is 484 g/mol. The van der Waals surface area contributed by atoms with Crippen molar-refractivity contribution in [1.82, 2.24) is 9.78 Å². The molecule has 2 N–H and O–H groups in total. The fourth-order valence-electron chi connectivity index (χ4n) is 3.97. The number of anilines is 2. The van der Waals surface area contributed by atoms with Gasteiger partial charge in [0.25, 0.3) is 5.91 Å². The van der Waals surface area contributed by atoms with E-state index in [-0.39, 0.29) is 24.8 Å². The van der Waals surface area contributed by atoms with Crippen molar-refractivity contribution in [3.05, 3.63) is 64.8 Å². The van der Waals surface area contributed by atoms with E-state index in [0.717, 1.165) is 18.4 Å². The van der Waals surface area contributed by atoms with Crippen LogP contribution in [0.1, 0.15) is 48.3 Å². The summed E-state index contributed by atoms with van der Waals surface area (Å²) in [5.41, 5.74) is 3.02. The highest BCUT2D eigenvalue weighted by Gasteiger charge is 2.37. The van der Waals surface area contributed by atoms with Gasteiger partial charge in [-0.25, -0.2) is 9.48 Å². The molecule has 0 radical (unpaired) electrons. The number of amides is 2. The molecule has 10 heteroatoms. The first-order chi connectivity index (χ1) is 17.4. The highest BCUT2D eigenvalue weighted by Crippen LogP contribution is 2.39. The van der Waals surface area contributed by atoms with Crippen LogP contribution >= 0.6 is 11.6 Å². The van der Waals surface area contributed by atoms with E-state index in [9.17, 15) is 14.4 Å². The molecule has 0 saturated carbocycles. The van der Waals surface area contributed by atoms with Crippen molar-refractivity contribution < 1.29 is 23.9 Å². The lowest BCUT2D eigenvalue weighted by atomic mass is 10.1. The van der Waals surface area contributed by atoms with Gasteiger partial charge in [-0.2, -0.15) is 5.10 Å². The van der Waals surface area contributed by atoms with Gasteiger partial charge in [-0.15, -0.1) is 0 Å². The first-order valence-electron chi connectivity index (χ1n) is 11.7. The number of hydrogen-bond donors (Lipinski definition) is 2. The van der Waals surface area contributed by atoms with Crippen LogP contribution < -0.4 is 10.6 Å². The van der Waals surface area contributed by atoms with Crippen LogP contribution in [0.3, 0.4) is 0 Å². The number of rotatable bonds is 10. The molecule has 1 unspecified atom stereocenters. The topological polar surface area (TPSA) is 112 Å². The van der Waals surface area contributed by atoms with Crippen LogP contribution in [0.4, 0.5) is 11.5 Å². The van der Waals surface area contributed by atoms with Crippen LogP contribution in [-0.4, -0.2) is 41.3 Å². The van der Waals surface area contributed by atoms with Crippen LogP contribution in [-0.2, 0) is 25.7 Å². The van der Waals surface area contributed by atoms with Gasteiger partial charge in [-0.3, -0.25) is 9.59 Å². The molecule has 0 fully saturated rings.